The molecule has 0 bridgehead atoms. The van der Waals surface area contributed by atoms with Crippen LogP contribution in [-0.2, 0) is 0 Å². The lowest BCUT2D eigenvalue weighted by Gasteiger charge is -2.06. The number of nitrogens with zero attached hydrogens (tertiary/aromatic N) is 1. The van der Waals surface area contributed by atoms with Gasteiger partial charge in [-0.1, -0.05) is 6.07 Å². The third-order valence-electron chi connectivity index (χ3n) is 6.65. The van der Waals surface area contributed by atoms with Crippen LogP contribution in [0.4, 0.5) is 0 Å². The van der Waals surface area contributed by atoms with Crippen molar-refractivity contribution >= 4 is 88.7 Å². The third-order valence-corrected chi connectivity index (χ3v) is 12.6. The van der Waals surface area contributed by atoms with Gasteiger partial charge in [0, 0.05) is 36.0 Å². The summed E-state index contributed by atoms with van der Waals surface area (Å²) in [6, 6.07) is 12.8. The van der Waals surface area contributed by atoms with Crippen molar-refractivity contribution in [3.05, 3.63) is 69.4 Å². The number of carbonyl (C=O) groups is 2. The van der Waals surface area contributed by atoms with Crippen LogP contribution in [0.3, 0.4) is 0 Å². The van der Waals surface area contributed by atoms with Gasteiger partial charge in [-0.3, -0.25) is 14.5 Å². The Morgan fingerprint density at radius 1 is 0.657 bits per heavy atom. The first kappa shape index (κ1) is 21.6. The molecular formula is C27H17NO2S5. The van der Waals surface area contributed by atoms with Crippen LogP contribution in [0.5, 0.6) is 0 Å². The zero-order chi connectivity index (χ0) is 24.0. The molecule has 0 spiro atoms. The van der Waals surface area contributed by atoms with Crippen molar-refractivity contribution in [1.82, 2.24) is 4.90 Å². The molecule has 5 aromatic heterocycles. The summed E-state index contributed by atoms with van der Waals surface area (Å²) in [5, 5.41) is 6.86. The first-order valence-electron chi connectivity index (χ1n) is 11.0. The zero-order valence-corrected chi connectivity index (χ0v) is 23.0. The van der Waals surface area contributed by atoms with Crippen molar-refractivity contribution in [2.45, 2.75) is 13.8 Å². The number of benzene rings is 1. The summed E-state index contributed by atoms with van der Waals surface area (Å²) in [4.78, 5) is 33.6. The Kier molecular flexibility index (Phi) is 4.75. The summed E-state index contributed by atoms with van der Waals surface area (Å²) in [6.07, 6.45) is 0. The van der Waals surface area contributed by atoms with Gasteiger partial charge in [-0.05, 0) is 76.8 Å². The van der Waals surface area contributed by atoms with Gasteiger partial charge in [0.1, 0.15) is 0 Å². The molecule has 1 aliphatic heterocycles. The van der Waals surface area contributed by atoms with Gasteiger partial charge in [0.15, 0.2) is 0 Å². The normalized spacial score (nSPS) is 13.6. The Labute approximate surface area is 221 Å². The molecule has 6 heterocycles. The number of hydrogen-bond acceptors (Lipinski definition) is 7. The van der Waals surface area contributed by atoms with E-state index in [0.717, 1.165) is 19.5 Å². The summed E-state index contributed by atoms with van der Waals surface area (Å²) >= 11 is 8.50. The maximum Gasteiger partial charge on any atom is 0.262 e. The lowest BCUT2D eigenvalue weighted by atomic mass is 10.0. The summed E-state index contributed by atoms with van der Waals surface area (Å²) in [5.74, 6) is -0.412. The quantitative estimate of drug-likeness (QED) is 0.207. The molecule has 172 valence electrons. The molecule has 0 saturated heterocycles. The molecule has 1 aliphatic rings. The molecule has 35 heavy (non-hydrogen) atoms. The highest BCUT2D eigenvalue weighted by Gasteiger charge is 2.40. The van der Waals surface area contributed by atoms with Crippen molar-refractivity contribution in [3.63, 3.8) is 0 Å². The maximum absolute atomic E-state index is 13.1. The van der Waals surface area contributed by atoms with Gasteiger partial charge >= 0.3 is 0 Å². The van der Waals surface area contributed by atoms with E-state index < -0.39 is 0 Å². The second-order valence-corrected chi connectivity index (χ2v) is 13.6. The predicted molar refractivity (Wildman–Crippen MR) is 153 cm³/mol. The highest BCUT2D eigenvalue weighted by Crippen LogP contribution is 2.50. The highest BCUT2D eigenvalue weighted by molar-refractivity contribution is 7.30. The monoisotopic (exact) mass is 547 g/mol. The molecule has 0 N–H and O–H groups in total. The van der Waals surface area contributed by atoms with Crippen molar-refractivity contribution in [1.29, 1.82) is 0 Å². The van der Waals surface area contributed by atoms with E-state index in [2.05, 4.69) is 43.5 Å². The fourth-order valence-corrected chi connectivity index (χ4v) is 10.4. The van der Waals surface area contributed by atoms with Crippen LogP contribution in [0.1, 0.15) is 31.8 Å². The number of aryl methyl sites for hydroxylation is 2. The topological polar surface area (TPSA) is 37.4 Å². The second-order valence-electron chi connectivity index (χ2n) is 8.59. The number of thiophene rings is 5. The van der Waals surface area contributed by atoms with Crippen LogP contribution >= 0.6 is 56.7 Å². The van der Waals surface area contributed by atoms with Crippen molar-refractivity contribution in [2.24, 2.45) is 0 Å². The molecule has 8 heteroatoms. The summed E-state index contributed by atoms with van der Waals surface area (Å²) in [7, 11) is 1.57. The van der Waals surface area contributed by atoms with Gasteiger partial charge in [0.05, 0.1) is 20.9 Å². The van der Waals surface area contributed by atoms with Crippen LogP contribution < -0.4 is 0 Å². The van der Waals surface area contributed by atoms with Crippen molar-refractivity contribution < 1.29 is 9.59 Å². The molecule has 1 aromatic carbocycles. The molecule has 2 amide bonds. The minimum Gasteiger partial charge on any atom is -0.277 e. The van der Waals surface area contributed by atoms with E-state index in [4.69, 9.17) is 0 Å². The van der Waals surface area contributed by atoms with Crippen LogP contribution in [0.25, 0.3) is 49.4 Å². The fourth-order valence-electron chi connectivity index (χ4n) is 4.82. The van der Waals surface area contributed by atoms with Gasteiger partial charge < -0.3 is 0 Å². The molecule has 0 saturated carbocycles. The number of hydrogen-bond donors (Lipinski definition) is 0. The largest absolute Gasteiger partial charge is 0.277 e. The number of amides is 2. The number of rotatable bonds is 3. The highest BCUT2D eigenvalue weighted by atomic mass is 32.1. The van der Waals surface area contributed by atoms with Crippen molar-refractivity contribution in [2.75, 3.05) is 7.05 Å². The smallest absolute Gasteiger partial charge is 0.262 e. The van der Waals surface area contributed by atoms with Crippen molar-refractivity contribution in [3.8, 4) is 29.3 Å². The zero-order valence-electron chi connectivity index (χ0n) is 18.9. The molecule has 3 nitrogen and oxygen atoms in total. The first-order valence-corrected chi connectivity index (χ1v) is 15.2. The van der Waals surface area contributed by atoms with E-state index in [0.29, 0.717) is 11.1 Å². The Bertz CT molecular complexity index is 1770. The molecular weight excluding hydrogens is 531 g/mol. The van der Waals surface area contributed by atoms with E-state index in [9.17, 15) is 9.59 Å². The molecule has 0 radical (unpaired) electrons. The number of imide groups is 1. The average molecular weight is 548 g/mol. The minimum atomic E-state index is -0.206. The second kappa shape index (κ2) is 7.69. The average Bonchev–Trinajstić information content (AvgIpc) is 3.67. The molecule has 7 rings (SSSR count). The van der Waals surface area contributed by atoms with E-state index in [1.807, 2.05) is 40.2 Å². The third kappa shape index (κ3) is 2.98. The SMILES string of the molecule is Cc1c2cc(-c3ccc(-c4sc(-c5cccs5)c5c4C(=O)N(C)C5=O)s3)sc2c(C)c2ccsc12. The maximum atomic E-state index is 13.1. The van der Waals surface area contributed by atoms with Gasteiger partial charge in [-0.15, -0.1) is 56.7 Å². The number of carbonyl (C=O) groups excluding carboxylic acids is 2. The first-order chi connectivity index (χ1) is 16.9. The van der Waals surface area contributed by atoms with E-state index >= 15 is 0 Å². The lowest BCUT2D eigenvalue weighted by Crippen LogP contribution is -2.24. The molecule has 0 aliphatic carbocycles. The molecule has 0 unspecified atom stereocenters. The van der Waals surface area contributed by atoms with E-state index in [1.165, 1.54) is 46.0 Å². The van der Waals surface area contributed by atoms with Crippen LogP contribution in [-0.4, -0.2) is 23.8 Å². The number of fused-ring (bicyclic) bond motifs is 3. The van der Waals surface area contributed by atoms with Gasteiger partial charge in [0.2, 0.25) is 0 Å². The molecule has 0 fully saturated rings. The molecule has 0 atom stereocenters. The summed E-state index contributed by atoms with van der Waals surface area (Å²) < 4.78 is 2.71. The Hall–Kier alpha value is -2.62. The van der Waals surface area contributed by atoms with Gasteiger partial charge in [-0.2, -0.15) is 0 Å². The standard InChI is InChI=1S/C27H17NO2S5/c1-12-14-8-10-32-22(14)13(2)15-11-19(34-23(12)15)16-6-7-18(33-16)25-21-20(26(29)28(3)27(21)30)24(35-25)17-5-4-9-31-17/h4-11H,1-3H3. The van der Waals surface area contributed by atoms with Gasteiger partial charge in [0.25, 0.3) is 11.8 Å². The Morgan fingerprint density at radius 2 is 1.37 bits per heavy atom. The lowest BCUT2D eigenvalue weighted by molar-refractivity contribution is 0.0693. The van der Waals surface area contributed by atoms with E-state index in [-0.39, 0.29) is 11.8 Å². The summed E-state index contributed by atoms with van der Waals surface area (Å²) in [6.45, 7) is 4.44. The summed E-state index contributed by atoms with van der Waals surface area (Å²) in [5.41, 5.74) is 3.81. The Balaban J connectivity index is 1.38. The fraction of sp³-hybridized carbons (Fsp3) is 0.111. The van der Waals surface area contributed by atoms with Gasteiger partial charge in [-0.25, -0.2) is 0 Å². The predicted octanol–water partition coefficient (Wildman–Crippen LogP) is 9.14. The molecule has 6 aromatic rings. The van der Waals surface area contributed by atoms with Crippen LogP contribution in [0.15, 0.2) is 47.2 Å². The van der Waals surface area contributed by atoms with E-state index in [1.54, 1.807) is 41.1 Å². The minimum absolute atomic E-state index is 0.205. The Morgan fingerprint density at radius 3 is 2.11 bits per heavy atom. The van der Waals surface area contributed by atoms with Crippen LogP contribution in [0, 0.1) is 13.8 Å². The van der Waals surface area contributed by atoms with Crippen LogP contribution in [0.2, 0.25) is 0 Å².